The number of ketones is 1. The van der Waals surface area contributed by atoms with E-state index in [0.29, 0.717) is 6.07 Å². The molecule has 0 bridgehead atoms. The second-order valence-corrected chi connectivity index (χ2v) is 3.87. The summed E-state index contributed by atoms with van der Waals surface area (Å²) >= 11 is 0. The van der Waals surface area contributed by atoms with Crippen molar-refractivity contribution in [3.05, 3.63) is 59.2 Å². The number of aromatic hydroxyl groups is 1. The molecule has 2 aromatic rings. The predicted molar refractivity (Wildman–Crippen MR) is 64.4 cm³/mol. The number of halogens is 2. The molecule has 5 heteroatoms. The van der Waals surface area contributed by atoms with Crippen LogP contribution in [0.3, 0.4) is 0 Å². The lowest BCUT2D eigenvalue weighted by Crippen LogP contribution is -2.03. The summed E-state index contributed by atoms with van der Waals surface area (Å²) in [4.78, 5) is 12.1. The van der Waals surface area contributed by atoms with Crippen molar-refractivity contribution < 1.29 is 23.4 Å². The van der Waals surface area contributed by atoms with Crippen molar-refractivity contribution >= 4 is 5.78 Å². The van der Waals surface area contributed by atoms with Crippen LogP contribution in [0.5, 0.6) is 11.5 Å². The third kappa shape index (κ3) is 2.70. The highest BCUT2D eigenvalue weighted by Crippen LogP contribution is 2.27. The number of carbonyl (C=O) groups excluding carboxylic acids is 1. The fraction of sp³-hybridized carbons (Fsp3) is 0.0714. The van der Waals surface area contributed by atoms with Gasteiger partial charge in [-0.25, -0.2) is 8.78 Å². The van der Waals surface area contributed by atoms with Crippen LogP contribution in [0, 0.1) is 11.6 Å². The Hall–Kier alpha value is -2.43. The van der Waals surface area contributed by atoms with Crippen LogP contribution in [-0.4, -0.2) is 18.0 Å². The Balaban J connectivity index is 2.43. The van der Waals surface area contributed by atoms with E-state index in [1.807, 2.05) is 0 Å². The second-order valence-electron chi connectivity index (χ2n) is 3.87. The number of methoxy groups -OCH3 is 1. The van der Waals surface area contributed by atoms with E-state index in [9.17, 15) is 18.7 Å². The number of phenols is 1. The average molecular weight is 264 g/mol. The molecule has 98 valence electrons. The molecule has 3 nitrogen and oxygen atoms in total. The van der Waals surface area contributed by atoms with Crippen molar-refractivity contribution in [2.45, 2.75) is 0 Å². The lowest BCUT2D eigenvalue weighted by Gasteiger charge is -2.06. The van der Waals surface area contributed by atoms with E-state index in [-0.39, 0.29) is 22.6 Å². The number of ether oxygens (including phenoxy) is 1. The number of carbonyl (C=O) groups is 1. The van der Waals surface area contributed by atoms with E-state index in [1.165, 1.54) is 25.3 Å². The third-order valence-corrected chi connectivity index (χ3v) is 2.57. The first-order chi connectivity index (χ1) is 9.01. The van der Waals surface area contributed by atoms with E-state index >= 15 is 0 Å². The number of hydrogen-bond donors (Lipinski definition) is 1. The topological polar surface area (TPSA) is 46.5 Å². The number of benzene rings is 2. The van der Waals surface area contributed by atoms with Crippen molar-refractivity contribution in [3.8, 4) is 11.5 Å². The molecular formula is C14H10F2O3. The van der Waals surface area contributed by atoms with Gasteiger partial charge in [0.25, 0.3) is 0 Å². The molecule has 0 heterocycles. The molecule has 0 fully saturated rings. The van der Waals surface area contributed by atoms with Crippen LogP contribution < -0.4 is 4.74 Å². The van der Waals surface area contributed by atoms with Gasteiger partial charge in [0.05, 0.1) is 7.11 Å². The summed E-state index contributed by atoms with van der Waals surface area (Å²) in [7, 11) is 1.34. The zero-order valence-corrected chi connectivity index (χ0v) is 9.98. The van der Waals surface area contributed by atoms with Gasteiger partial charge in [-0.05, 0) is 30.3 Å². The summed E-state index contributed by atoms with van der Waals surface area (Å²) in [6, 6.07) is 6.52. The quantitative estimate of drug-likeness (QED) is 0.867. The van der Waals surface area contributed by atoms with Gasteiger partial charge in [0.15, 0.2) is 17.3 Å². The Morgan fingerprint density at radius 1 is 1.05 bits per heavy atom. The molecule has 1 N–H and O–H groups in total. The molecule has 0 aliphatic heterocycles. The molecule has 0 aliphatic carbocycles. The van der Waals surface area contributed by atoms with Gasteiger partial charge in [-0.1, -0.05) is 0 Å². The highest BCUT2D eigenvalue weighted by molar-refractivity contribution is 6.09. The molecule has 0 amide bonds. The van der Waals surface area contributed by atoms with Gasteiger partial charge in [0.2, 0.25) is 0 Å². The molecule has 0 saturated carbocycles. The summed E-state index contributed by atoms with van der Waals surface area (Å²) in [5.74, 6) is -2.22. The molecule has 0 saturated heterocycles. The van der Waals surface area contributed by atoms with E-state index < -0.39 is 17.4 Å². The Morgan fingerprint density at radius 2 is 1.68 bits per heavy atom. The van der Waals surface area contributed by atoms with Crippen LogP contribution in [0.1, 0.15) is 15.9 Å². The molecule has 2 rings (SSSR count). The van der Waals surface area contributed by atoms with Crippen LogP contribution in [-0.2, 0) is 0 Å². The van der Waals surface area contributed by atoms with Crippen LogP contribution in [0.2, 0.25) is 0 Å². The Morgan fingerprint density at radius 3 is 2.26 bits per heavy atom. The maximum Gasteiger partial charge on any atom is 0.193 e. The zero-order chi connectivity index (χ0) is 14.0. The average Bonchev–Trinajstić information content (AvgIpc) is 2.37. The maximum atomic E-state index is 13.1. The zero-order valence-electron chi connectivity index (χ0n) is 9.98. The number of phenolic OH excluding ortho intramolecular Hbond substituents is 1. The molecule has 0 aromatic heterocycles. The Bertz CT molecular complexity index is 618. The van der Waals surface area contributed by atoms with Crippen molar-refractivity contribution in [1.29, 1.82) is 0 Å². The van der Waals surface area contributed by atoms with Gasteiger partial charge in [0.1, 0.15) is 11.6 Å². The number of rotatable bonds is 3. The van der Waals surface area contributed by atoms with E-state index in [2.05, 4.69) is 0 Å². The second kappa shape index (κ2) is 5.06. The highest BCUT2D eigenvalue weighted by Gasteiger charge is 2.14. The lowest BCUT2D eigenvalue weighted by molar-refractivity contribution is 0.103. The molecule has 0 spiro atoms. The molecule has 0 aliphatic rings. The predicted octanol–water partition coefficient (Wildman–Crippen LogP) is 2.91. The van der Waals surface area contributed by atoms with Gasteiger partial charge in [-0.15, -0.1) is 0 Å². The summed E-state index contributed by atoms with van der Waals surface area (Å²) in [6.07, 6.45) is 0. The van der Waals surface area contributed by atoms with Gasteiger partial charge in [-0.3, -0.25) is 4.79 Å². The smallest absolute Gasteiger partial charge is 0.193 e. The van der Waals surface area contributed by atoms with E-state index in [1.54, 1.807) is 0 Å². The molecule has 0 radical (unpaired) electrons. The standard InChI is InChI=1S/C14H10F2O3/c1-19-13-6-8(2-3-12(13)17)14(18)9-4-10(15)7-11(16)5-9/h2-7,17H,1H3. The third-order valence-electron chi connectivity index (χ3n) is 2.57. The summed E-state index contributed by atoms with van der Waals surface area (Å²) in [5, 5.41) is 9.42. The highest BCUT2D eigenvalue weighted by atomic mass is 19.1. The minimum Gasteiger partial charge on any atom is -0.504 e. The van der Waals surface area contributed by atoms with Crippen molar-refractivity contribution in [3.63, 3.8) is 0 Å². The molecular weight excluding hydrogens is 254 g/mol. The van der Waals surface area contributed by atoms with Crippen LogP contribution >= 0.6 is 0 Å². The first-order valence-corrected chi connectivity index (χ1v) is 5.39. The van der Waals surface area contributed by atoms with Crippen molar-refractivity contribution in [2.75, 3.05) is 7.11 Å². The minimum absolute atomic E-state index is 0.106. The SMILES string of the molecule is COc1cc(C(=O)c2cc(F)cc(F)c2)ccc1O. The fourth-order valence-corrected chi connectivity index (χ4v) is 1.67. The largest absolute Gasteiger partial charge is 0.504 e. The summed E-state index contributed by atoms with van der Waals surface area (Å²) in [6.45, 7) is 0. The van der Waals surface area contributed by atoms with Gasteiger partial charge < -0.3 is 9.84 Å². The van der Waals surface area contributed by atoms with Crippen molar-refractivity contribution in [1.82, 2.24) is 0 Å². The van der Waals surface area contributed by atoms with Crippen LogP contribution in [0.4, 0.5) is 8.78 Å². The van der Waals surface area contributed by atoms with Gasteiger partial charge in [0, 0.05) is 17.2 Å². The first-order valence-electron chi connectivity index (χ1n) is 5.39. The number of hydrogen-bond acceptors (Lipinski definition) is 3. The summed E-state index contributed by atoms with van der Waals surface area (Å²) in [5.41, 5.74) is 0.0601. The van der Waals surface area contributed by atoms with Crippen LogP contribution in [0.25, 0.3) is 0 Å². The molecule has 19 heavy (non-hydrogen) atoms. The monoisotopic (exact) mass is 264 g/mol. The molecule has 2 aromatic carbocycles. The van der Waals surface area contributed by atoms with E-state index in [4.69, 9.17) is 4.74 Å². The normalized spacial score (nSPS) is 10.3. The van der Waals surface area contributed by atoms with Crippen molar-refractivity contribution in [2.24, 2.45) is 0 Å². The minimum atomic E-state index is -0.825. The first kappa shape index (κ1) is 13.0. The summed E-state index contributed by atoms with van der Waals surface area (Å²) < 4.78 is 31.0. The maximum absolute atomic E-state index is 13.1. The molecule has 0 atom stereocenters. The van der Waals surface area contributed by atoms with Gasteiger partial charge in [-0.2, -0.15) is 0 Å². The Labute approximate surface area is 108 Å². The van der Waals surface area contributed by atoms with Crippen LogP contribution in [0.15, 0.2) is 36.4 Å². The lowest BCUT2D eigenvalue weighted by atomic mass is 10.0. The van der Waals surface area contributed by atoms with Gasteiger partial charge >= 0.3 is 0 Å². The fourth-order valence-electron chi connectivity index (χ4n) is 1.67. The molecule has 0 unspecified atom stereocenters. The Kier molecular flexibility index (Phi) is 3.46. The van der Waals surface area contributed by atoms with E-state index in [0.717, 1.165) is 12.1 Å².